The third-order valence-electron chi connectivity index (χ3n) is 4.63. The molecule has 0 saturated carbocycles. The van der Waals surface area contributed by atoms with Gasteiger partial charge in [0.15, 0.2) is 5.82 Å². The van der Waals surface area contributed by atoms with Crippen LogP contribution in [0.5, 0.6) is 5.75 Å². The Morgan fingerprint density at radius 3 is 2.39 bits per heavy atom. The van der Waals surface area contributed by atoms with Gasteiger partial charge >= 0.3 is 0 Å². The summed E-state index contributed by atoms with van der Waals surface area (Å²) in [5.41, 5.74) is 1.43. The molecule has 3 aromatic rings. The molecule has 2 aromatic carbocycles. The molecule has 2 N–H and O–H groups in total. The monoisotopic (exact) mass is 472 g/mol. The largest absolute Gasteiger partial charge is 0.495 e. The molecule has 2 amide bonds. The van der Waals surface area contributed by atoms with E-state index in [1.165, 1.54) is 32.4 Å². The first kappa shape index (κ1) is 23.8. The Labute approximate surface area is 191 Å². The van der Waals surface area contributed by atoms with E-state index >= 15 is 0 Å². The molecule has 0 bridgehead atoms. The van der Waals surface area contributed by atoms with E-state index in [-0.39, 0.29) is 28.6 Å². The number of aromatic nitrogens is 1. The van der Waals surface area contributed by atoms with Gasteiger partial charge in [-0.2, -0.15) is 0 Å². The van der Waals surface area contributed by atoms with Gasteiger partial charge < -0.3 is 19.5 Å². The second-order valence-electron chi connectivity index (χ2n) is 7.37. The Bertz CT molecular complexity index is 1270. The SMILES string of the molecule is COc1ccc(C(=O)N(C)CC(=O)Nc2cc(C)on2)cc1S(=O)(=O)Nc1ccc(C)cc1. The van der Waals surface area contributed by atoms with Crippen molar-refractivity contribution in [3.8, 4) is 5.75 Å². The van der Waals surface area contributed by atoms with E-state index in [0.29, 0.717) is 11.4 Å². The van der Waals surface area contributed by atoms with Crippen LogP contribution >= 0.6 is 0 Å². The molecule has 0 radical (unpaired) electrons. The number of methoxy groups -OCH3 is 1. The molecule has 0 unspecified atom stereocenters. The number of hydrogen-bond donors (Lipinski definition) is 2. The Hall–Kier alpha value is -3.86. The second-order valence-corrected chi connectivity index (χ2v) is 9.02. The topological polar surface area (TPSA) is 131 Å². The van der Waals surface area contributed by atoms with Crippen molar-refractivity contribution in [2.24, 2.45) is 0 Å². The van der Waals surface area contributed by atoms with Crippen LogP contribution in [0.3, 0.4) is 0 Å². The van der Waals surface area contributed by atoms with Crippen LogP contribution in [0.25, 0.3) is 0 Å². The number of anilines is 2. The van der Waals surface area contributed by atoms with Crippen molar-refractivity contribution in [3.05, 3.63) is 65.4 Å². The van der Waals surface area contributed by atoms with E-state index in [0.717, 1.165) is 10.5 Å². The number of aryl methyl sites for hydroxylation is 2. The van der Waals surface area contributed by atoms with Gasteiger partial charge in [-0.15, -0.1) is 0 Å². The number of amides is 2. The highest BCUT2D eigenvalue weighted by molar-refractivity contribution is 7.92. The standard InChI is InChI=1S/C22H24N4O6S/c1-14-5-8-17(9-6-14)25-33(29,30)19-12-16(7-10-18(19)31-4)22(28)26(3)13-21(27)23-20-11-15(2)32-24-20/h5-12,25H,13H2,1-4H3,(H,23,24,27). The number of nitrogens with one attached hydrogen (secondary N) is 2. The fourth-order valence-electron chi connectivity index (χ4n) is 2.97. The first-order chi connectivity index (χ1) is 15.6. The molecule has 0 aliphatic carbocycles. The minimum atomic E-state index is -4.06. The van der Waals surface area contributed by atoms with E-state index in [2.05, 4.69) is 15.2 Å². The summed E-state index contributed by atoms with van der Waals surface area (Å²) in [5, 5.41) is 6.19. The van der Waals surface area contributed by atoms with Gasteiger partial charge in [0.1, 0.15) is 16.4 Å². The van der Waals surface area contributed by atoms with Crippen LogP contribution in [0, 0.1) is 13.8 Å². The molecule has 0 saturated heterocycles. The molecule has 0 aliphatic rings. The van der Waals surface area contributed by atoms with Crippen LogP contribution in [0.4, 0.5) is 11.5 Å². The molecule has 0 aliphatic heterocycles. The molecule has 11 heteroatoms. The van der Waals surface area contributed by atoms with Gasteiger partial charge in [0.05, 0.1) is 13.7 Å². The number of sulfonamides is 1. The number of carbonyl (C=O) groups excluding carboxylic acids is 2. The number of likely N-dealkylation sites (N-methyl/N-ethyl adjacent to an activating group) is 1. The number of carbonyl (C=O) groups is 2. The highest BCUT2D eigenvalue weighted by Gasteiger charge is 2.24. The van der Waals surface area contributed by atoms with Gasteiger partial charge in [-0.1, -0.05) is 22.9 Å². The molecule has 33 heavy (non-hydrogen) atoms. The molecule has 0 spiro atoms. The molecule has 0 fully saturated rings. The highest BCUT2D eigenvalue weighted by atomic mass is 32.2. The summed E-state index contributed by atoms with van der Waals surface area (Å²) in [5.74, 6) is -0.190. The zero-order valence-corrected chi connectivity index (χ0v) is 19.4. The summed E-state index contributed by atoms with van der Waals surface area (Å²) < 4.78 is 38.6. The maximum Gasteiger partial charge on any atom is 0.265 e. The number of rotatable bonds is 8. The molecule has 1 heterocycles. The minimum absolute atomic E-state index is 0.0765. The zero-order chi connectivity index (χ0) is 24.2. The lowest BCUT2D eigenvalue weighted by atomic mass is 10.2. The fourth-order valence-corrected chi connectivity index (χ4v) is 4.22. The first-order valence-corrected chi connectivity index (χ1v) is 11.3. The lowest BCUT2D eigenvalue weighted by Crippen LogP contribution is -2.35. The van der Waals surface area contributed by atoms with Crippen LogP contribution in [-0.2, 0) is 14.8 Å². The molecule has 1 aromatic heterocycles. The Balaban J connectivity index is 1.79. The maximum atomic E-state index is 13.0. The summed E-state index contributed by atoms with van der Waals surface area (Å²) in [7, 11) is -1.29. The average molecular weight is 473 g/mol. The fraction of sp³-hybridized carbons (Fsp3) is 0.227. The van der Waals surface area contributed by atoms with Crippen molar-refractivity contribution in [2.75, 3.05) is 30.7 Å². The van der Waals surface area contributed by atoms with E-state index < -0.39 is 21.8 Å². The highest BCUT2D eigenvalue weighted by Crippen LogP contribution is 2.27. The van der Waals surface area contributed by atoms with Crippen molar-refractivity contribution >= 4 is 33.3 Å². The number of hydrogen-bond acceptors (Lipinski definition) is 7. The predicted octanol–water partition coefficient (Wildman–Crippen LogP) is 2.81. The van der Waals surface area contributed by atoms with Gasteiger partial charge in [-0.3, -0.25) is 14.3 Å². The molecule has 0 atom stereocenters. The molecular formula is C22H24N4O6S. The zero-order valence-electron chi connectivity index (χ0n) is 18.6. The molecule has 10 nitrogen and oxygen atoms in total. The Morgan fingerprint density at radius 2 is 1.79 bits per heavy atom. The Kier molecular flexibility index (Phi) is 7.02. The number of ether oxygens (including phenoxy) is 1. The van der Waals surface area contributed by atoms with E-state index in [1.807, 2.05) is 6.92 Å². The van der Waals surface area contributed by atoms with Crippen LogP contribution < -0.4 is 14.8 Å². The van der Waals surface area contributed by atoms with Crippen LogP contribution in [-0.4, -0.2) is 51.0 Å². The van der Waals surface area contributed by atoms with E-state index in [9.17, 15) is 18.0 Å². The van der Waals surface area contributed by atoms with Gasteiger partial charge in [-0.05, 0) is 44.2 Å². The van der Waals surface area contributed by atoms with E-state index in [1.54, 1.807) is 37.3 Å². The summed E-state index contributed by atoms with van der Waals surface area (Å²) >= 11 is 0. The smallest absolute Gasteiger partial charge is 0.265 e. The molecule has 3 rings (SSSR count). The molecule has 174 valence electrons. The van der Waals surface area contributed by atoms with Crippen molar-refractivity contribution < 1.29 is 27.3 Å². The normalized spacial score (nSPS) is 11.0. The van der Waals surface area contributed by atoms with Gasteiger partial charge in [0, 0.05) is 24.4 Å². The van der Waals surface area contributed by atoms with Gasteiger partial charge in [-0.25, -0.2) is 8.42 Å². The predicted molar refractivity (Wildman–Crippen MR) is 122 cm³/mol. The molecular weight excluding hydrogens is 448 g/mol. The van der Waals surface area contributed by atoms with Crippen LogP contribution in [0.15, 0.2) is 57.9 Å². The number of nitrogens with zero attached hydrogens (tertiary/aromatic N) is 2. The van der Waals surface area contributed by atoms with Crippen molar-refractivity contribution in [3.63, 3.8) is 0 Å². The lowest BCUT2D eigenvalue weighted by Gasteiger charge is -2.18. The Morgan fingerprint density at radius 1 is 1.09 bits per heavy atom. The van der Waals surface area contributed by atoms with Crippen molar-refractivity contribution in [1.29, 1.82) is 0 Å². The average Bonchev–Trinajstić information content (AvgIpc) is 3.18. The summed E-state index contributed by atoms with van der Waals surface area (Å²) in [6.45, 7) is 3.29. The first-order valence-electron chi connectivity index (χ1n) is 9.85. The maximum absolute atomic E-state index is 13.0. The van der Waals surface area contributed by atoms with Crippen LogP contribution in [0.1, 0.15) is 21.7 Å². The van der Waals surface area contributed by atoms with E-state index in [4.69, 9.17) is 9.26 Å². The summed E-state index contributed by atoms with van der Waals surface area (Å²) in [4.78, 5) is 26.0. The van der Waals surface area contributed by atoms with Crippen molar-refractivity contribution in [1.82, 2.24) is 10.1 Å². The lowest BCUT2D eigenvalue weighted by molar-refractivity contribution is -0.116. The number of benzene rings is 2. The quantitative estimate of drug-likeness (QED) is 0.515. The third kappa shape index (κ3) is 5.89. The van der Waals surface area contributed by atoms with Crippen LogP contribution in [0.2, 0.25) is 0 Å². The third-order valence-corrected chi connectivity index (χ3v) is 6.03. The second kappa shape index (κ2) is 9.74. The summed E-state index contributed by atoms with van der Waals surface area (Å²) in [6.07, 6.45) is 0. The van der Waals surface area contributed by atoms with Gasteiger partial charge in [0.25, 0.3) is 15.9 Å². The summed E-state index contributed by atoms with van der Waals surface area (Å²) in [6, 6.07) is 12.4. The van der Waals surface area contributed by atoms with Gasteiger partial charge in [0.2, 0.25) is 5.91 Å². The van der Waals surface area contributed by atoms with Crippen molar-refractivity contribution in [2.45, 2.75) is 18.7 Å². The minimum Gasteiger partial charge on any atom is -0.495 e.